The van der Waals surface area contributed by atoms with Gasteiger partial charge in [-0.25, -0.2) is 13.3 Å². The van der Waals surface area contributed by atoms with Crippen LogP contribution in [0.15, 0.2) is 18.3 Å². The van der Waals surface area contributed by atoms with Crippen LogP contribution in [0, 0.1) is 39.1 Å². The maximum Gasteiger partial charge on any atom is 0.218 e. The summed E-state index contributed by atoms with van der Waals surface area (Å²) in [6.45, 7) is -7.75. The van der Waals surface area contributed by atoms with E-state index in [9.17, 15) is 8.78 Å². The predicted molar refractivity (Wildman–Crippen MR) is 71.9 cm³/mol. The van der Waals surface area contributed by atoms with Gasteiger partial charge in [-0.1, -0.05) is 0 Å². The zero-order valence-corrected chi connectivity index (χ0v) is 10.4. The smallest absolute Gasteiger partial charge is 0.207 e. The molecule has 0 aliphatic heterocycles. The molecule has 0 fully saturated rings. The van der Waals surface area contributed by atoms with Crippen molar-refractivity contribution >= 4 is 0 Å². The van der Waals surface area contributed by atoms with Gasteiger partial charge in [0.1, 0.15) is 18.7 Å². The predicted octanol–water partition coefficient (Wildman–Crippen LogP) is 3.69. The molecule has 1 nitrogen and oxygen atoms in total. The van der Waals surface area contributed by atoms with Crippen LogP contribution in [0.4, 0.5) is 8.78 Å². The van der Waals surface area contributed by atoms with Crippen LogP contribution < -0.4 is 4.57 Å². The Labute approximate surface area is 125 Å². The molecule has 0 saturated heterocycles. The number of aryl methyl sites for hydroxylation is 3. The lowest BCUT2D eigenvalue weighted by Crippen LogP contribution is -2.33. The normalized spacial score (nSPS) is 19.9. The van der Waals surface area contributed by atoms with Crippen molar-refractivity contribution in [3.05, 3.63) is 52.2 Å². The molecule has 0 aliphatic rings. The van der Waals surface area contributed by atoms with Gasteiger partial charge in [0.25, 0.3) is 0 Å². The Hall–Kier alpha value is -1.77. The van der Waals surface area contributed by atoms with E-state index < -0.39 is 48.9 Å². The fraction of sp³-hybridized carbons (Fsp3) is 0.312. The van der Waals surface area contributed by atoms with Crippen LogP contribution in [0.2, 0.25) is 0 Å². The average Bonchev–Trinajstić information content (AvgIpc) is 2.43. The van der Waals surface area contributed by atoms with E-state index in [1.165, 1.54) is 14.0 Å². The molecule has 0 radical (unpaired) electrons. The molecule has 0 unspecified atom stereocenters. The highest BCUT2D eigenvalue weighted by molar-refractivity contribution is 5.66. The highest BCUT2D eigenvalue weighted by Crippen LogP contribution is 2.29. The van der Waals surface area contributed by atoms with Gasteiger partial charge in [-0.15, -0.1) is 0 Å². The summed E-state index contributed by atoms with van der Waals surface area (Å²) in [5.74, 6) is -1.97. The van der Waals surface area contributed by atoms with Crippen LogP contribution >= 0.6 is 0 Å². The van der Waals surface area contributed by atoms with Gasteiger partial charge >= 0.3 is 0 Å². The second-order valence-corrected chi connectivity index (χ2v) is 4.33. The van der Waals surface area contributed by atoms with Gasteiger partial charge < -0.3 is 0 Å². The Kier molecular flexibility index (Phi) is 1.52. The zero-order chi connectivity index (χ0) is 21.8. The molecule has 2 rings (SSSR count). The van der Waals surface area contributed by atoms with Crippen molar-refractivity contribution in [2.24, 2.45) is 7.05 Å². The topological polar surface area (TPSA) is 3.88 Å². The molecule has 0 saturated carbocycles. The van der Waals surface area contributed by atoms with Crippen LogP contribution in [0.1, 0.15) is 34.6 Å². The first kappa shape index (κ1) is 6.12. The van der Waals surface area contributed by atoms with Crippen molar-refractivity contribution in [2.45, 2.75) is 27.5 Å². The van der Waals surface area contributed by atoms with Crippen molar-refractivity contribution in [3.63, 3.8) is 0 Å². The minimum Gasteiger partial charge on any atom is -0.207 e. The molecule has 2 aromatic rings. The molecule has 1 aromatic carbocycles. The summed E-state index contributed by atoms with van der Waals surface area (Å²) in [6.07, 6.45) is 0.960. The van der Waals surface area contributed by atoms with Crippen molar-refractivity contribution in [3.8, 4) is 11.3 Å². The van der Waals surface area contributed by atoms with Gasteiger partial charge in [-0.05, 0) is 44.7 Å². The number of nitrogens with zero attached hydrogens (tertiary/aromatic N) is 1. The number of hydrogen-bond donors (Lipinski definition) is 0. The van der Waals surface area contributed by atoms with Crippen LogP contribution in [0.5, 0.6) is 0 Å². The van der Waals surface area contributed by atoms with Gasteiger partial charge in [-0.3, -0.25) is 0 Å². The van der Waals surface area contributed by atoms with Crippen LogP contribution in [0.3, 0.4) is 0 Å². The van der Waals surface area contributed by atoms with Crippen LogP contribution in [-0.2, 0) is 7.05 Å². The first-order valence-electron chi connectivity index (χ1n) is 10.0. The molecular formula is C16H18F2N+. The van der Waals surface area contributed by atoms with Gasteiger partial charge in [0.2, 0.25) is 5.69 Å². The largest absolute Gasteiger partial charge is 0.218 e. The molecular weight excluding hydrogens is 244 g/mol. The second kappa shape index (κ2) is 4.72. The number of aromatic nitrogens is 1. The first-order chi connectivity index (χ1) is 12.5. The summed E-state index contributed by atoms with van der Waals surface area (Å²) in [6, 6.07) is 1.53. The first-order valence-corrected chi connectivity index (χ1v) is 5.50. The summed E-state index contributed by atoms with van der Waals surface area (Å²) in [5, 5.41) is 0. The summed E-state index contributed by atoms with van der Waals surface area (Å²) >= 11 is 0. The van der Waals surface area contributed by atoms with E-state index in [0.717, 1.165) is 16.8 Å². The summed E-state index contributed by atoms with van der Waals surface area (Å²) in [7, 11) is 1.28. The second-order valence-electron chi connectivity index (χ2n) is 4.33. The molecule has 0 amide bonds. The number of benzene rings is 1. The van der Waals surface area contributed by atoms with Crippen molar-refractivity contribution < 1.29 is 25.7 Å². The van der Waals surface area contributed by atoms with Gasteiger partial charge in [0.15, 0.2) is 6.20 Å². The van der Waals surface area contributed by atoms with Crippen molar-refractivity contribution in [2.75, 3.05) is 0 Å². The number of pyridine rings is 1. The van der Waals surface area contributed by atoms with E-state index in [-0.39, 0.29) is 16.8 Å². The Balaban J connectivity index is 3.18. The van der Waals surface area contributed by atoms with E-state index in [1.54, 1.807) is 0 Å². The van der Waals surface area contributed by atoms with E-state index in [1.807, 2.05) is 0 Å². The highest BCUT2D eigenvalue weighted by atomic mass is 19.1. The fourth-order valence-electron chi connectivity index (χ4n) is 2.06. The molecule has 19 heavy (non-hydrogen) atoms. The van der Waals surface area contributed by atoms with Crippen LogP contribution in [0.25, 0.3) is 11.3 Å². The van der Waals surface area contributed by atoms with E-state index >= 15 is 0 Å². The lowest BCUT2D eigenvalue weighted by molar-refractivity contribution is -0.661. The zero-order valence-electron chi connectivity index (χ0n) is 19.4. The lowest BCUT2D eigenvalue weighted by atomic mass is 9.96. The van der Waals surface area contributed by atoms with Gasteiger partial charge in [0.05, 0.1) is 5.56 Å². The lowest BCUT2D eigenvalue weighted by Gasteiger charge is -2.12. The summed E-state index contributed by atoms with van der Waals surface area (Å²) < 4.78 is 99.0. The average molecular weight is 271 g/mol. The summed E-state index contributed by atoms with van der Waals surface area (Å²) in [5.41, 5.74) is -2.94. The third-order valence-electron chi connectivity index (χ3n) is 2.92. The van der Waals surface area contributed by atoms with E-state index in [2.05, 4.69) is 0 Å². The Morgan fingerprint density at radius 2 is 1.79 bits per heavy atom. The molecule has 0 spiro atoms. The highest BCUT2D eigenvalue weighted by Gasteiger charge is 2.23. The maximum atomic E-state index is 14.6. The fourth-order valence-corrected chi connectivity index (χ4v) is 2.06. The Morgan fingerprint density at radius 1 is 1.05 bits per heavy atom. The minimum atomic E-state index is -3.10. The van der Waals surface area contributed by atoms with E-state index in [4.69, 9.17) is 12.3 Å². The van der Waals surface area contributed by atoms with Crippen molar-refractivity contribution in [1.29, 1.82) is 0 Å². The quantitative estimate of drug-likeness (QED) is 0.696. The maximum absolute atomic E-state index is 14.6. The molecule has 100 valence electrons. The molecule has 0 bridgehead atoms. The van der Waals surface area contributed by atoms with E-state index in [0.29, 0.717) is 6.07 Å². The third kappa shape index (κ3) is 2.25. The molecule has 1 aromatic heterocycles. The van der Waals surface area contributed by atoms with Crippen molar-refractivity contribution in [1.82, 2.24) is 0 Å². The Morgan fingerprint density at radius 3 is 2.37 bits per heavy atom. The SMILES string of the molecule is [2H]C([2H])([2H])c1c[n+](C)c(-c2c(C)cc(F)cc2F)c(C([2H])([2H])[2H])c1C([2H])([2H])[2H]. The minimum absolute atomic E-state index is 0.0386. The molecule has 0 atom stereocenters. The standard InChI is InChI=1S/C16H18F2N/c1-9-6-13(17)7-14(18)15(9)16-12(4)11(3)10(2)8-19(16)5/h6-8H,1-5H3/q+1/i2D3,3D3,4D3. The monoisotopic (exact) mass is 271 g/mol. The van der Waals surface area contributed by atoms with Gasteiger partial charge in [0, 0.05) is 29.5 Å². The number of hydrogen-bond acceptors (Lipinski definition) is 0. The summed E-state index contributed by atoms with van der Waals surface area (Å²) in [4.78, 5) is 0. The molecule has 0 aliphatic carbocycles. The number of halogens is 2. The van der Waals surface area contributed by atoms with Crippen LogP contribution in [-0.4, -0.2) is 0 Å². The Bertz CT molecular complexity index is 905. The molecule has 0 N–H and O–H groups in total. The molecule has 1 heterocycles. The third-order valence-corrected chi connectivity index (χ3v) is 2.92. The van der Waals surface area contributed by atoms with Gasteiger partial charge in [-0.2, -0.15) is 0 Å². The number of rotatable bonds is 1. The molecule has 3 heteroatoms.